The number of halogens is 2. The number of para-hydroxylation sites is 2. The predicted octanol–water partition coefficient (Wildman–Crippen LogP) is 4.14. The van der Waals surface area contributed by atoms with E-state index in [-0.39, 0.29) is 18.4 Å². The highest BCUT2D eigenvalue weighted by molar-refractivity contribution is 6.42. The van der Waals surface area contributed by atoms with Gasteiger partial charge in [0.2, 0.25) is 5.91 Å². The highest BCUT2D eigenvalue weighted by Gasteiger charge is 2.43. The minimum atomic E-state index is -1.04. The molecule has 5 nitrogen and oxygen atoms in total. The summed E-state index contributed by atoms with van der Waals surface area (Å²) < 4.78 is 5.53. The Kier molecular flexibility index (Phi) is 4.62. The number of hydrogen-bond acceptors (Lipinski definition) is 3. The van der Waals surface area contributed by atoms with Crippen LogP contribution >= 0.6 is 23.2 Å². The van der Waals surface area contributed by atoms with E-state index < -0.39 is 5.54 Å². The number of ether oxygens (including phenoxy) is 1. The molecule has 7 heteroatoms. The normalized spacial score (nSPS) is 15.4. The number of nitrogens with zero attached hydrogens (tertiary/aromatic N) is 1. The van der Waals surface area contributed by atoms with Crippen molar-refractivity contribution in [3.05, 3.63) is 52.5 Å². The lowest BCUT2D eigenvalue weighted by Crippen LogP contribution is -2.59. The number of carbonyl (C=O) groups excluding carboxylic acids is 2. The van der Waals surface area contributed by atoms with Gasteiger partial charge in [0.1, 0.15) is 11.3 Å². The molecule has 1 N–H and O–H groups in total. The van der Waals surface area contributed by atoms with Crippen LogP contribution in [0.15, 0.2) is 42.5 Å². The van der Waals surface area contributed by atoms with Crippen molar-refractivity contribution in [1.82, 2.24) is 0 Å². The van der Waals surface area contributed by atoms with Gasteiger partial charge in [0.15, 0.2) is 6.61 Å². The minimum absolute atomic E-state index is 0.233. The summed E-state index contributed by atoms with van der Waals surface area (Å²) in [7, 11) is 0. The molecule has 1 aliphatic heterocycles. The Bertz CT molecular complexity index is 852. The fourth-order valence-corrected chi connectivity index (χ4v) is 2.96. The van der Waals surface area contributed by atoms with E-state index in [0.717, 1.165) is 0 Å². The second kappa shape index (κ2) is 6.58. The second-order valence-corrected chi connectivity index (χ2v) is 6.94. The van der Waals surface area contributed by atoms with Gasteiger partial charge < -0.3 is 10.1 Å². The third-order valence-corrected chi connectivity index (χ3v) is 4.75. The van der Waals surface area contributed by atoms with Crippen molar-refractivity contribution in [2.75, 3.05) is 16.8 Å². The smallest absolute Gasteiger partial charge is 0.265 e. The summed E-state index contributed by atoms with van der Waals surface area (Å²) in [5.74, 6) is -0.164. The Balaban J connectivity index is 1.84. The first-order chi connectivity index (χ1) is 11.8. The molecule has 1 aliphatic rings. The fourth-order valence-electron chi connectivity index (χ4n) is 2.67. The number of nitrogens with one attached hydrogen (secondary N) is 1. The summed E-state index contributed by atoms with van der Waals surface area (Å²) >= 11 is 11.8. The zero-order chi connectivity index (χ0) is 18.2. The molecule has 1 heterocycles. The van der Waals surface area contributed by atoms with E-state index >= 15 is 0 Å². The molecule has 0 aromatic heterocycles. The van der Waals surface area contributed by atoms with Gasteiger partial charge in [0.05, 0.1) is 21.4 Å². The lowest BCUT2D eigenvalue weighted by molar-refractivity contribution is -0.127. The van der Waals surface area contributed by atoms with Gasteiger partial charge in [0.25, 0.3) is 5.91 Å². The van der Waals surface area contributed by atoms with Crippen LogP contribution in [0.4, 0.5) is 11.4 Å². The molecule has 0 unspecified atom stereocenters. The number of fused-ring (bicyclic) bond motifs is 1. The molecule has 2 amide bonds. The van der Waals surface area contributed by atoms with E-state index in [2.05, 4.69) is 5.32 Å². The van der Waals surface area contributed by atoms with Crippen LogP contribution in [0.5, 0.6) is 5.75 Å². The Morgan fingerprint density at radius 1 is 1.16 bits per heavy atom. The quantitative estimate of drug-likeness (QED) is 0.872. The van der Waals surface area contributed by atoms with Crippen LogP contribution in [-0.4, -0.2) is 24.0 Å². The summed E-state index contributed by atoms with van der Waals surface area (Å²) in [4.78, 5) is 26.6. The van der Waals surface area contributed by atoms with E-state index in [4.69, 9.17) is 27.9 Å². The molecule has 0 radical (unpaired) electrons. The van der Waals surface area contributed by atoms with Gasteiger partial charge in [0, 0.05) is 6.07 Å². The number of hydrogen-bond donors (Lipinski definition) is 1. The maximum atomic E-state index is 12.8. The fraction of sp³-hybridized carbons (Fsp3) is 0.222. The van der Waals surface area contributed by atoms with Gasteiger partial charge in [-0.3, -0.25) is 14.5 Å². The van der Waals surface area contributed by atoms with Gasteiger partial charge in [-0.15, -0.1) is 0 Å². The van der Waals surface area contributed by atoms with Crippen molar-refractivity contribution in [3.63, 3.8) is 0 Å². The van der Waals surface area contributed by atoms with E-state index in [0.29, 0.717) is 27.2 Å². The van der Waals surface area contributed by atoms with Crippen molar-refractivity contribution >= 4 is 46.4 Å². The molecule has 0 fully saturated rings. The van der Waals surface area contributed by atoms with Crippen molar-refractivity contribution in [2.24, 2.45) is 0 Å². The summed E-state index contributed by atoms with van der Waals surface area (Å²) in [5.41, 5.74) is 0.191. The van der Waals surface area contributed by atoms with E-state index in [1.807, 2.05) is 6.07 Å². The van der Waals surface area contributed by atoms with Gasteiger partial charge in [-0.25, -0.2) is 0 Å². The van der Waals surface area contributed by atoms with Crippen LogP contribution < -0.4 is 15.0 Å². The molecule has 3 rings (SSSR count). The molecule has 2 aromatic carbocycles. The Morgan fingerprint density at radius 2 is 1.88 bits per heavy atom. The molecule has 25 heavy (non-hydrogen) atoms. The first-order valence-corrected chi connectivity index (χ1v) is 8.37. The molecule has 0 saturated heterocycles. The number of rotatable bonds is 3. The SMILES string of the molecule is CC1(C)C(=O)Nc2ccccc2N1C(=O)COc1ccc(Cl)c(Cl)c1. The highest BCUT2D eigenvalue weighted by Crippen LogP contribution is 2.36. The monoisotopic (exact) mass is 378 g/mol. The lowest BCUT2D eigenvalue weighted by Gasteiger charge is -2.41. The molecular weight excluding hydrogens is 363 g/mol. The average Bonchev–Trinajstić information content (AvgIpc) is 2.56. The topological polar surface area (TPSA) is 58.6 Å². The number of carbonyl (C=O) groups is 2. The maximum absolute atomic E-state index is 12.8. The molecule has 0 saturated carbocycles. The largest absolute Gasteiger partial charge is 0.484 e. The predicted molar refractivity (Wildman–Crippen MR) is 98.6 cm³/mol. The van der Waals surface area contributed by atoms with Gasteiger partial charge in [-0.05, 0) is 38.1 Å². The Labute approximate surface area is 155 Å². The number of anilines is 2. The summed E-state index contributed by atoms with van der Waals surface area (Å²) in [5, 5.41) is 3.56. The minimum Gasteiger partial charge on any atom is -0.484 e. The Morgan fingerprint density at radius 3 is 2.60 bits per heavy atom. The number of benzene rings is 2. The zero-order valence-corrected chi connectivity index (χ0v) is 15.2. The third-order valence-electron chi connectivity index (χ3n) is 4.01. The van der Waals surface area contributed by atoms with Crippen molar-refractivity contribution in [1.29, 1.82) is 0 Å². The highest BCUT2D eigenvalue weighted by atomic mass is 35.5. The van der Waals surface area contributed by atoms with Crippen LogP contribution in [-0.2, 0) is 9.59 Å². The molecule has 0 bridgehead atoms. The zero-order valence-electron chi connectivity index (χ0n) is 13.7. The third kappa shape index (κ3) is 3.30. The van der Waals surface area contributed by atoms with Crippen molar-refractivity contribution in [3.8, 4) is 5.75 Å². The van der Waals surface area contributed by atoms with Gasteiger partial charge >= 0.3 is 0 Å². The summed E-state index contributed by atoms with van der Waals surface area (Å²) in [6.07, 6.45) is 0. The van der Waals surface area contributed by atoms with Crippen molar-refractivity contribution in [2.45, 2.75) is 19.4 Å². The standard InChI is InChI=1S/C18H16Cl2N2O3/c1-18(2)17(24)21-14-5-3-4-6-15(14)22(18)16(23)10-25-11-7-8-12(19)13(20)9-11/h3-9H,10H2,1-2H3,(H,21,24). The maximum Gasteiger partial charge on any atom is 0.265 e. The molecule has 0 atom stereocenters. The van der Waals surface area contributed by atoms with E-state index in [9.17, 15) is 9.59 Å². The average molecular weight is 379 g/mol. The van der Waals surface area contributed by atoms with Crippen LogP contribution in [0.3, 0.4) is 0 Å². The van der Waals surface area contributed by atoms with Crippen LogP contribution in [0.1, 0.15) is 13.8 Å². The molecule has 0 spiro atoms. The van der Waals surface area contributed by atoms with E-state index in [1.54, 1.807) is 50.2 Å². The summed E-state index contributed by atoms with van der Waals surface area (Å²) in [6, 6.07) is 11.9. The second-order valence-electron chi connectivity index (χ2n) is 6.12. The van der Waals surface area contributed by atoms with Crippen LogP contribution in [0, 0.1) is 0 Å². The van der Waals surface area contributed by atoms with E-state index in [1.165, 1.54) is 4.90 Å². The van der Waals surface area contributed by atoms with Gasteiger partial charge in [-0.2, -0.15) is 0 Å². The van der Waals surface area contributed by atoms with Gasteiger partial charge in [-0.1, -0.05) is 35.3 Å². The number of amides is 2. The lowest BCUT2D eigenvalue weighted by atomic mass is 9.96. The van der Waals surface area contributed by atoms with Crippen molar-refractivity contribution < 1.29 is 14.3 Å². The molecule has 130 valence electrons. The molecule has 0 aliphatic carbocycles. The molecule has 2 aromatic rings. The molecular formula is C18H16Cl2N2O3. The summed E-state index contributed by atoms with van der Waals surface area (Å²) in [6.45, 7) is 3.15. The first kappa shape index (κ1) is 17.6. The Hall–Kier alpha value is -2.24. The first-order valence-electron chi connectivity index (χ1n) is 7.62. The van der Waals surface area contributed by atoms with Crippen LogP contribution in [0.25, 0.3) is 0 Å². The van der Waals surface area contributed by atoms with Crippen LogP contribution in [0.2, 0.25) is 10.0 Å².